The third-order valence-corrected chi connectivity index (χ3v) is 7.24. The highest BCUT2D eigenvalue weighted by Gasteiger charge is 2.31. The molecule has 0 saturated carbocycles. The van der Waals surface area contributed by atoms with E-state index in [0.29, 0.717) is 6.42 Å². The SMILES string of the molecule is Cc1nn([C@@H]2CCS(=O)(=O)C2)c(C)c1C[NH+](C)Cn1ccn(C)c1=S. The molecule has 0 aromatic carbocycles. The highest BCUT2D eigenvalue weighted by Crippen LogP contribution is 2.26. The van der Waals surface area contributed by atoms with E-state index >= 15 is 0 Å². The standard InChI is InChI=1S/C16H25N5O2S2/c1-12-15(9-18(3)11-20-7-6-19(4)16(20)24)13(2)21(17-12)14-5-8-25(22,23)10-14/h6-7,14H,5,8-11H2,1-4H3/p+1/t14-/m1/s1. The van der Waals surface area contributed by atoms with Crippen molar-refractivity contribution in [2.24, 2.45) is 7.05 Å². The fourth-order valence-corrected chi connectivity index (χ4v) is 5.43. The molecule has 1 fully saturated rings. The Labute approximate surface area is 153 Å². The summed E-state index contributed by atoms with van der Waals surface area (Å²) < 4.78 is 30.3. The number of hydrogen-bond donors (Lipinski definition) is 1. The van der Waals surface area contributed by atoms with Gasteiger partial charge in [-0.25, -0.2) is 8.42 Å². The summed E-state index contributed by atoms with van der Waals surface area (Å²) in [5.41, 5.74) is 3.26. The van der Waals surface area contributed by atoms with Crippen LogP contribution in [-0.4, -0.2) is 45.9 Å². The minimum Gasteiger partial charge on any atom is -0.327 e. The van der Waals surface area contributed by atoms with Gasteiger partial charge in [-0.15, -0.1) is 0 Å². The van der Waals surface area contributed by atoms with Crippen LogP contribution in [0.25, 0.3) is 0 Å². The van der Waals surface area contributed by atoms with Crippen LogP contribution in [0.3, 0.4) is 0 Å². The molecule has 2 aromatic rings. The largest absolute Gasteiger partial charge is 0.327 e. The van der Waals surface area contributed by atoms with Gasteiger partial charge in [0.25, 0.3) is 0 Å². The van der Waals surface area contributed by atoms with Crippen LogP contribution in [0.5, 0.6) is 0 Å². The zero-order valence-electron chi connectivity index (χ0n) is 15.2. The van der Waals surface area contributed by atoms with E-state index in [2.05, 4.69) is 16.7 Å². The minimum absolute atomic E-state index is 0.0273. The number of aryl methyl sites for hydroxylation is 2. The summed E-state index contributed by atoms with van der Waals surface area (Å²) in [6.07, 6.45) is 4.62. The molecular formula is C16H26N5O2S2+. The van der Waals surface area contributed by atoms with Crippen LogP contribution in [0.15, 0.2) is 12.4 Å². The minimum atomic E-state index is -2.91. The predicted octanol–water partition coefficient (Wildman–Crippen LogP) is 0.401. The maximum atomic E-state index is 11.8. The lowest BCUT2D eigenvalue weighted by molar-refractivity contribution is -0.917. The molecule has 9 heteroatoms. The van der Waals surface area contributed by atoms with Crippen molar-refractivity contribution in [1.29, 1.82) is 0 Å². The van der Waals surface area contributed by atoms with Gasteiger partial charge in [-0.2, -0.15) is 5.10 Å². The smallest absolute Gasteiger partial charge is 0.183 e. The molecular weight excluding hydrogens is 358 g/mol. The van der Waals surface area contributed by atoms with E-state index in [9.17, 15) is 8.42 Å². The number of imidazole rings is 1. The highest BCUT2D eigenvalue weighted by molar-refractivity contribution is 7.91. The first-order chi connectivity index (χ1) is 11.7. The van der Waals surface area contributed by atoms with Gasteiger partial charge >= 0.3 is 0 Å². The van der Waals surface area contributed by atoms with Gasteiger partial charge in [-0.05, 0) is 32.5 Å². The maximum absolute atomic E-state index is 11.8. The lowest BCUT2D eigenvalue weighted by Crippen LogP contribution is -3.06. The van der Waals surface area contributed by atoms with E-state index in [0.717, 1.165) is 29.4 Å². The number of nitrogens with one attached hydrogen (secondary N) is 1. The number of nitrogens with zero attached hydrogens (tertiary/aromatic N) is 4. The van der Waals surface area contributed by atoms with Crippen LogP contribution in [0.4, 0.5) is 0 Å². The van der Waals surface area contributed by atoms with Crippen molar-refractivity contribution in [3.05, 3.63) is 34.1 Å². The van der Waals surface area contributed by atoms with E-state index in [-0.39, 0.29) is 17.5 Å². The summed E-state index contributed by atoms with van der Waals surface area (Å²) in [5, 5.41) is 4.65. The molecule has 1 aliphatic rings. The van der Waals surface area contributed by atoms with Gasteiger partial charge in [0.2, 0.25) is 0 Å². The van der Waals surface area contributed by atoms with Crippen molar-refractivity contribution in [2.75, 3.05) is 18.6 Å². The van der Waals surface area contributed by atoms with Gasteiger partial charge in [0.1, 0.15) is 6.54 Å². The highest BCUT2D eigenvalue weighted by atomic mass is 32.2. The fourth-order valence-electron chi connectivity index (χ4n) is 3.56. The maximum Gasteiger partial charge on any atom is 0.183 e. The van der Waals surface area contributed by atoms with E-state index in [1.165, 1.54) is 10.5 Å². The molecule has 1 aliphatic heterocycles. The van der Waals surface area contributed by atoms with E-state index in [1.807, 2.05) is 42.5 Å². The third kappa shape index (κ3) is 3.73. The van der Waals surface area contributed by atoms with Gasteiger partial charge in [0.05, 0.1) is 35.9 Å². The van der Waals surface area contributed by atoms with Crippen molar-refractivity contribution in [2.45, 2.75) is 39.5 Å². The van der Waals surface area contributed by atoms with Gasteiger partial charge in [-0.3, -0.25) is 9.25 Å². The summed E-state index contributed by atoms with van der Waals surface area (Å²) in [7, 11) is 1.16. The molecule has 0 aliphatic carbocycles. The first-order valence-corrected chi connectivity index (χ1v) is 10.7. The molecule has 0 bridgehead atoms. The summed E-state index contributed by atoms with van der Waals surface area (Å²) in [6, 6.07) is -0.0273. The lowest BCUT2D eigenvalue weighted by atomic mass is 10.2. The predicted molar refractivity (Wildman–Crippen MR) is 98.8 cm³/mol. The van der Waals surface area contributed by atoms with Crippen LogP contribution < -0.4 is 4.90 Å². The molecule has 3 rings (SSSR count). The molecule has 3 heterocycles. The van der Waals surface area contributed by atoms with Gasteiger partial charge < -0.3 is 9.47 Å². The van der Waals surface area contributed by atoms with Crippen LogP contribution in [-0.2, 0) is 30.1 Å². The van der Waals surface area contributed by atoms with Crippen molar-refractivity contribution >= 4 is 22.1 Å². The Morgan fingerprint density at radius 3 is 2.64 bits per heavy atom. The van der Waals surface area contributed by atoms with Crippen LogP contribution in [0, 0.1) is 18.6 Å². The van der Waals surface area contributed by atoms with Crippen molar-refractivity contribution in [1.82, 2.24) is 18.9 Å². The summed E-state index contributed by atoms with van der Waals surface area (Å²) >= 11 is 5.40. The zero-order valence-corrected chi connectivity index (χ0v) is 16.8. The molecule has 1 unspecified atom stereocenters. The average molecular weight is 385 g/mol. The Morgan fingerprint density at radius 2 is 2.08 bits per heavy atom. The van der Waals surface area contributed by atoms with Gasteiger partial charge in [0, 0.05) is 25.1 Å². The number of aromatic nitrogens is 4. The Kier molecular flexibility index (Phi) is 4.91. The molecule has 1 saturated heterocycles. The third-order valence-electron chi connectivity index (χ3n) is 4.97. The second-order valence-corrected chi connectivity index (χ2v) is 9.70. The lowest BCUT2D eigenvalue weighted by Gasteiger charge is -2.16. The topological polar surface area (TPSA) is 66.3 Å². The van der Waals surface area contributed by atoms with E-state index in [4.69, 9.17) is 12.2 Å². The van der Waals surface area contributed by atoms with Crippen molar-refractivity contribution in [3.63, 3.8) is 0 Å². The molecule has 25 heavy (non-hydrogen) atoms. The van der Waals surface area contributed by atoms with Crippen LogP contribution in [0.2, 0.25) is 0 Å². The average Bonchev–Trinajstić information content (AvgIpc) is 3.14. The van der Waals surface area contributed by atoms with Gasteiger partial charge in [-0.1, -0.05) is 0 Å². The second kappa shape index (κ2) is 6.69. The number of quaternary nitrogens is 1. The Hall–Kier alpha value is -1.45. The Balaban J connectivity index is 1.77. The quantitative estimate of drug-likeness (QED) is 0.758. The molecule has 138 valence electrons. The summed E-state index contributed by atoms with van der Waals surface area (Å²) in [5.74, 6) is 0.471. The first kappa shape index (κ1) is 18.3. The van der Waals surface area contributed by atoms with E-state index in [1.54, 1.807) is 0 Å². The molecule has 7 nitrogen and oxygen atoms in total. The zero-order chi connectivity index (χ0) is 18.4. The fraction of sp³-hybridized carbons (Fsp3) is 0.625. The number of rotatable bonds is 5. The summed E-state index contributed by atoms with van der Waals surface area (Å²) in [6.45, 7) is 5.65. The van der Waals surface area contributed by atoms with Crippen LogP contribution in [0.1, 0.15) is 29.4 Å². The first-order valence-electron chi connectivity index (χ1n) is 8.46. The molecule has 0 amide bonds. The number of sulfone groups is 1. The second-order valence-electron chi connectivity index (χ2n) is 7.10. The molecule has 2 aromatic heterocycles. The number of hydrogen-bond acceptors (Lipinski definition) is 4. The molecule has 0 spiro atoms. The van der Waals surface area contributed by atoms with E-state index < -0.39 is 9.84 Å². The van der Waals surface area contributed by atoms with Crippen LogP contribution >= 0.6 is 12.2 Å². The molecule has 1 N–H and O–H groups in total. The van der Waals surface area contributed by atoms with Crippen molar-refractivity contribution < 1.29 is 13.3 Å². The summed E-state index contributed by atoms with van der Waals surface area (Å²) in [4.78, 5) is 1.30. The molecule has 2 atom stereocenters. The Bertz CT molecular complexity index is 938. The van der Waals surface area contributed by atoms with Crippen molar-refractivity contribution in [3.8, 4) is 0 Å². The Morgan fingerprint density at radius 1 is 1.36 bits per heavy atom. The van der Waals surface area contributed by atoms with Gasteiger partial charge in [0.15, 0.2) is 21.3 Å². The normalized spacial score (nSPS) is 20.9. The monoisotopic (exact) mass is 384 g/mol. The molecule has 0 radical (unpaired) electrons.